The van der Waals surface area contributed by atoms with Crippen LogP contribution in [0.4, 0.5) is 0 Å². The van der Waals surface area contributed by atoms with E-state index in [2.05, 4.69) is 22.0 Å². The second-order valence-corrected chi connectivity index (χ2v) is 6.75. The molecule has 1 unspecified atom stereocenters. The van der Waals surface area contributed by atoms with Gasteiger partial charge in [-0.15, -0.1) is 11.7 Å². The number of rotatable bonds is 8. The van der Waals surface area contributed by atoms with Crippen LogP contribution >= 0.6 is 12.2 Å². The molecule has 2 aromatic heterocycles. The molecule has 8 heteroatoms. The first kappa shape index (κ1) is 17.5. The quantitative estimate of drug-likeness (QED) is 0.529. The number of nitrogens with zero attached hydrogens (tertiary/aromatic N) is 4. The summed E-state index contributed by atoms with van der Waals surface area (Å²) in [5.41, 5.74) is 0.901. The maximum absolute atomic E-state index is 12.0. The van der Waals surface area contributed by atoms with Gasteiger partial charge in [0.1, 0.15) is 0 Å². The summed E-state index contributed by atoms with van der Waals surface area (Å²) < 4.78 is 4.30. The van der Waals surface area contributed by atoms with Crippen LogP contribution in [0.2, 0.25) is 0 Å². The van der Waals surface area contributed by atoms with Gasteiger partial charge in [-0.3, -0.25) is 14.3 Å². The second-order valence-electron chi connectivity index (χ2n) is 6.38. The van der Waals surface area contributed by atoms with Crippen LogP contribution in [0, 0.1) is 4.77 Å². The highest BCUT2D eigenvalue weighted by atomic mass is 32.1. The number of aromatic nitrogens is 4. The van der Waals surface area contributed by atoms with Crippen molar-refractivity contribution in [2.45, 2.75) is 32.1 Å². The van der Waals surface area contributed by atoms with Gasteiger partial charge in [-0.05, 0) is 37.2 Å². The van der Waals surface area contributed by atoms with Gasteiger partial charge in [0.15, 0.2) is 19.0 Å². The normalized spacial score (nSPS) is 14.9. The summed E-state index contributed by atoms with van der Waals surface area (Å²) in [6.07, 6.45) is 7.47. The molecule has 2 aromatic rings. The standard InChI is InChI=1S/C17H22N6OS/c1-3-9-22-16(13-5-4-8-18-10-13)20-23(17(22)25)12-21(2)11-15(24)19-14-6-7-14/h3-5,8,10,14H,1,6-7,9,11-12H2,2H3,(H,19,24)/p+1. The largest absolute Gasteiger partial charge is 0.348 e. The third kappa shape index (κ3) is 4.40. The van der Waals surface area contributed by atoms with Crippen molar-refractivity contribution in [3.8, 4) is 11.4 Å². The molecule has 1 amide bonds. The van der Waals surface area contributed by atoms with E-state index in [1.165, 1.54) is 0 Å². The van der Waals surface area contributed by atoms with Crippen LogP contribution in [0.3, 0.4) is 0 Å². The summed E-state index contributed by atoms with van der Waals surface area (Å²) in [6.45, 7) is 5.29. The summed E-state index contributed by atoms with van der Waals surface area (Å²) in [7, 11) is 1.96. The fraction of sp³-hybridized carbons (Fsp3) is 0.412. The number of carbonyl (C=O) groups is 1. The van der Waals surface area contributed by atoms with Gasteiger partial charge in [-0.25, -0.2) is 0 Å². The Hall–Kier alpha value is -2.32. The molecular formula is C17H23N6OS+. The van der Waals surface area contributed by atoms with Crippen molar-refractivity contribution in [2.75, 3.05) is 13.6 Å². The number of pyridine rings is 1. The van der Waals surface area contributed by atoms with Crippen LogP contribution < -0.4 is 10.2 Å². The molecule has 2 N–H and O–H groups in total. The molecule has 1 atom stereocenters. The van der Waals surface area contributed by atoms with Gasteiger partial charge in [0.05, 0.1) is 7.05 Å². The van der Waals surface area contributed by atoms with Crippen molar-refractivity contribution < 1.29 is 9.69 Å². The van der Waals surface area contributed by atoms with Crippen molar-refractivity contribution in [3.05, 3.63) is 42.0 Å². The predicted molar refractivity (Wildman–Crippen MR) is 97.4 cm³/mol. The molecular weight excluding hydrogens is 336 g/mol. The molecule has 0 aliphatic heterocycles. The minimum atomic E-state index is 0.0736. The predicted octanol–water partition coefficient (Wildman–Crippen LogP) is 0.413. The molecule has 1 fully saturated rings. The molecule has 0 saturated heterocycles. The van der Waals surface area contributed by atoms with E-state index < -0.39 is 0 Å². The maximum atomic E-state index is 12.0. The monoisotopic (exact) mass is 359 g/mol. The number of carbonyl (C=O) groups excluding carboxylic acids is 1. The Morgan fingerprint density at radius 2 is 2.36 bits per heavy atom. The van der Waals surface area contributed by atoms with Crippen molar-refractivity contribution in [2.24, 2.45) is 0 Å². The van der Waals surface area contributed by atoms with Gasteiger partial charge in [-0.1, -0.05) is 6.08 Å². The smallest absolute Gasteiger partial charge is 0.275 e. The molecule has 2 heterocycles. The van der Waals surface area contributed by atoms with E-state index in [-0.39, 0.29) is 5.91 Å². The third-order valence-electron chi connectivity index (χ3n) is 3.98. The van der Waals surface area contributed by atoms with Gasteiger partial charge in [0.2, 0.25) is 4.77 Å². The molecule has 7 nitrogen and oxygen atoms in total. The highest BCUT2D eigenvalue weighted by molar-refractivity contribution is 7.71. The molecule has 1 aliphatic carbocycles. The fourth-order valence-electron chi connectivity index (χ4n) is 2.64. The van der Waals surface area contributed by atoms with Crippen molar-refractivity contribution >= 4 is 18.1 Å². The summed E-state index contributed by atoms with van der Waals surface area (Å²) in [5, 5.41) is 7.66. The van der Waals surface area contributed by atoms with E-state index in [1.807, 2.05) is 23.7 Å². The van der Waals surface area contributed by atoms with E-state index in [0.29, 0.717) is 30.6 Å². The van der Waals surface area contributed by atoms with Crippen LogP contribution in [-0.4, -0.2) is 44.9 Å². The van der Waals surface area contributed by atoms with E-state index >= 15 is 0 Å². The molecule has 1 aliphatic rings. The van der Waals surface area contributed by atoms with E-state index in [1.54, 1.807) is 23.2 Å². The van der Waals surface area contributed by atoms with Gasteiger partial charge >= 0.3 is 0 Å². The Bertz CT molecular complexity index is 808. The zero-order chi connectivity index (χ0) is 17.8. The zero-order valence-corrected chi connectivity index (χ0v) is 15.1. The average Bonchev–Trinajstić information content (AvgIpc) is 3.35. The summed E-state index contributed by atoms with van der Waals surface area (Å²) in [6, 6.07) is 4.20. The zero-order valence-electron chi connectivity index (χ0n) is 14.3. The minimum absolute atomic E-state index is 0.0736. The first-order valence-electron chi connectivity index (χ1n) is 8.38. The van der Waals surface area contributed by atoms with Gasteiger partial charge in [0.25, 0.3) is 5.91 Å². The minimum Gasteiger partial charge on any atom is -0.348 e. The molecule has 132 valence electrons. The number of hydrogen-bond donors (Lipinski definition) is 2. The number of amides is 1. The highest BCUT2D eigenvalue weighted by Crippen LogP contribution is 2.18. The molecule has 0 aromatic carbocycles. The Labute approximate surface area is 152 Å². The van der Waals surface area contributed by atoms with E-state index in [9.17, 15) is 4.79 Å². The second kappa shape index (κ2) is 7.71. The van der Waals surface area contributed by atoms with Crippen LogP contribution in [0.5, 0.6) is 0 Å². The lowest BCUT2D eigenvalue weighted by Gasteiger charge is -2.13. The van der Waals surface area contributed by atoms with E-state index in [0.717, 1.165) is 29.1 Å². The van der Waals surface area contributed by atoms with Gasteiger partial charge in [-0.2, -0.15) is 4.68 Å². The lowest BCUT2D eigenvalue weighted by molar-refractivity contribution is -0.895. The Morgan fingerprint density at radius 3 is 3.00 bits per heavy atom. The average molecular weight is 359 g/mol. The molecule has 0 radical (unpaired) electrons. The topological polar surface area (TPSA) is 69.2 Å². The summed E-state index contributed by atoms with van der Waals surface area (Å²) in [5.74, 6) is 0.831. The number of nitrogens with one attached hydrogen (secondary N) is 2. The molecule has 1 saturated carbocycles. The fourth-order valence-corrected chi connectivity index (χ4v) is 2.90. The lowest BCUT2D eigenvalue weighted by atomic mass is 10.3. The number of likely N-dealkylation sites (N-methyl/N-ethyl adjacent to an activating group) is 1. The number of hydrogen-bond acceptors (Lipinski definition) is 4. The molecule has 25 heavy (non-hydrogen) atoms. The molecule has 3 rings (SSSR count). The molecule has 0 bridgehead atoms. The summed E-state index contributed by atoms with van der Waals surface area (Å²) >= 11 is 5.57. The Balaban J connectivity index is 1.77. The Morgan fingerprint density at radius 1 is 1.56 bits per heavy atom. The maximum Gasteiger partial charge on any atom is 0.275 e. The van der Waals surface area contributed by atoms with Crippen LogP contribution in [0.15, 0.2) is 37.2 Å². The number of allylic oxidation sites excluding steroid dienone is 1. The lowest BCUT2D eigenvalue weighted by Crippen LogP contribution is -3.09. The van der Waals surface area contributed by atoms with Crippen molar-refractivity contribution in [3.63, 3.8) is 0 Å². The SMILES string of the molecule is C=CCn1c(-c2cccnc2)nn(C[NH+](C)CC(=O)NC2CC2)c1=S. The first-order valence-corrected chi connectivity index (χ1v) is 8.79. The Kier molecular flexibility index (Phi) is 5.40. The van der Waals surface area contributed by atoms with Crippen molar-refractivity contribution in [1.82, 2.24) is 24.6 Å². The van der Waals surface area contributed by atoms with Gasteiger partial charge in [0, 0.05) is 30.5 Å². The van der Waals surface area contributed by atoms with Crippen LogP contribution in [0.1, 0.15) is 12.8 Å². The third-order valence-corrected chi connectivity index (χ3v) is 4.41. The highest BCUT2D eigenvalue weighted by Gasteiger charge is 2.24. The van der Waals surface area contributed by atoms with Gasteiger partial charge < -0.3 is 10.2 Å². The van der Waals surface area contributed by atoms with Crippen LogP contribution in [0.25, 0.3) is 11.4 Å². The first-order chi connectivity index (χ1) is 12.1. The van der Waals surface area contributed by atoms with E-state index in [4.69, 9.17) is 12.2 Å². The van der Waals surface area contributed by atoms with Crippen LogP contribution in [-0.2, 0) is 18.0 Å². The number of quaternary nitrogens is 1. The molecule has 0 spiro atoms. The van der Waals surface area contributed by atoms with Crippen molar-refractivity contribution in [1.29, 1.82) is 0 Å². The summed E-state index contributed by atoms with van der Waals surface area (Å²) in [4.78, 5) is 17.1.